The van der Waals surface area contributed by atoms with Crippen LogP contribution in [-0.4, -0.2) is 29.7 Å². The largest absolute Gasteiger partial charge is 0.335 e. The molecule has 3 nitrogen and oxygen atoms in total. The topological polar surface area (TPSA) is 37.4 Å². The Kier molecular flexibility index (Phi) is 4.56. The lowest BCUT2D eigenvalue weighted by Crippen LogP contribution is -2.35. The van der Waals surface area contributed by atoms with Crippen LogP contribution in [-0.2, 0) is 4.79 Å². The Hall–Kier alpha value is -0.680. The molecule has 1 aliphatic heterocycles. The summed E-state index contributed by atoms with van der Waals surface area (Å²) in [4.78, 5) is 26.4. The zero-order valence-electron chi connectivity index (χ0n) is 10.3. The summed E-state index contributed by atoms with van der Waals surface area (Å²) in [6.07, 6.45) is 2.50. The molecule has 1 fully saturated rings. The van der Waals surface area contributed by atoms with E-state index in [1.165, 1.54) is 11.3 Å². The maximum absolute atomic E-state index is 12.1. The fraction of sp³-hybridized carbons (Fsp3) is 0.538. The molecule has 2 rings (SSSR count). The second kappa shape index (κ2) is 5.97. The number of thiophene rings is 1. The molecule has 1 aliphatic rings. The maximum Gasteiger partial charge on any atom is 0.222 e. The molecule has 18 heavy (non-hydrogen) atoms. The van der Waals surface area contributed by atoms with E-state index >= 15 is 0 Å². The van der Waals surface area contributed by atoms with Crippen LogP contribution in [0.2, 0.25) is 0 Å². The average Bonchev–Trinajstić information content (AvgIpc) is 2.71. The van der Waals surface area contributed by atoms with Gasteiger partial charge in [0.1, 0.15) is 0 Å². The van der Waals surface area contributed by atoms with Crippen LogP contribution < -0.4 is 0 Å². The van der Waals surface area contributed by atoms with Gasteiger partial charge >= 0.3 is 0 Å². The summed E-state index contributed by atoms with van der Waals surface area (Å²) in [5, 5.41) is 0. The van der Waals surface area contributed by atoms with Crippen molar-refractivity contribution in [1.82, 2.24) is 4.90 Å². The number of ketones is 1. The minimum Gasteiger partial charge on any atom is -0.335 e. The molecule has 1 amide bonds. The van der Waals surface area contributed by atoms with E-state index in [2.05, 4.69) is 22.9 Å². The van der Waals surface area contributed by atoms with Crippen molar-refractivity contribution >= 4 is 39.0 Å². The van der Waals surface area contributed by atoms with Gasteiger partial charge in [-0.1, -0.05) is 6.92 Å². The van der Waals surface area contributed by atoms with Crippen LogP contribution in [0.5, 0.6) is 0 Å². The zero-order valence-corrected chi connectivity index (χ0v) is 12.7. The number of hydrogen-bond acceptors (Lipinski definition) is 3. The monoisotopic (exact) mass is 329 g/mol. The van der Waals surface area contributed by atoms with Crippen LogP contribution in [0.25, 0.3) is 0 Å². The van der Waals surface area contributed by atoms with Gasteiger partial charge in [-0.15, -0.1) is 11.3 Å². The van der Waals surface area contributed by atoms with Crippen LogP contribution in [0.15, 0.2) is 15.9 Å². The second-order valence-corrected chi connectivity index (χ2v) is 7.24. The fourth-order valence-corrected chi connectivity index (χ4v) is 3.37. The van der Waals surface area contributed by atoms with Crippen molar-refractivity contribution in [3.05, 3.63) is 20.8 Å². The number of amides is 1. The van der Waals surface area contributed by atoms with Crippen molar-refractivity contribution in [1.29, 1.82) is 0 Å². The Bertz CT molecular complexity index is 458. The van der Waals surface area contributed by atoms with Gasteiger partial charge < -0.3 is 4.90 Å². The number of nitrogens with zero attached hydrogens (tertiary/aromatic N) is 1. The molecule has 1 unspecified atom stereocenters. The average molecular weight is 330 g/mol. The number of halogens is 1. The predicted octanol–water partition coefficient (Wildman–Crippen LogP) is 3.34. The van der Waals surface area contributed by atoms with Crippen molar-refractivity contribution in [2.45, 2.75) is 26.2 Å². The summed E-state index contributed by atoms with van der Waals surface area (Å²) in [7, 11) is 0. The summed E-state index contributed by atoms with van der Waals surface area (Å²) in [6.45, 7) is 3.09. The van der Waals surface area contributed by atoms with E-state index in [-0.39, 0.29) is 18.2 Å². The highest BCUT2D eigenvalue weighted by molar-refractivity contribution is 9.11. The molecule has 0 aliphatic carbocycles. The minimum atomic E-state index is 0.0357. The molecule has 0 radical (unpaired) electrons. The Labute approximate surface area is 119 Å². The number of Topliss-reactive ketones (excluding diaryl/α,β-unsaturated/α-hetero) is 1. The van der Waals surface area contributed by atoms with E-state index in [0.717, 1.165) is 16.6 Å². The highest BCUT2D eigenvalue weighted by atomic mass is 79.9. The SMILES string of the molecule is CC1CCC(=O)N(CC(=O)c2ccc(Br)s2)CC1. The quantitative estimate of drug-likeness (QED) is 0.797. The van der Waals surface area contributed by atoms with Crippen molar-refractivity contribution in [2.24, 2.45) is 5.92 Å². The van der Waals surface area contributed by atoms with E-state index < -0.39 is 0 Å². The number of rotatable bonds is 3. The van der Waals surface area contributed by atoms with Crippen molar-refractivity contribution in [3.8, 4) is 0 Å². The maximum atomic E-state index is 12.1. The number of hydrogen-bond donors (Lipinski definition) is 0. The normalized spacial score (nSPS) is 20.9. The molecule has 0 aromatic carbocycles. The zero-order chi connectivity index (χ0) is 13.1. The molecule has 0 bridgehead atoms. The second-order valence-electron chi connectivity index (χ2n) is 4.77. The first-order valence-electron chi connectivity index (χ1n) is 6.12. The number of likely N-dealkylation sites (tertiary alicyclic amines) is 1. The standard InChI is InChI=1S/C13H16BrNO2S/c1-9-2-5-13(17)15(7-6-9)8-10(16)11-3-4-12(14)18-11/h3-4,9H,2,5-8H2,1H3. The Balaban J connectivity index is 1.99. The van der Waals surface area contributed by atoms with Gasteiger partial charge in [0.15, 0.2) is 5.78 Å². The van der Waals surface area contributed by atoms with Gasteiger partial charge in [-0.2, -0.15) is 0 Å². The Morgan fingerprint density at radius 2 is 2.28 bits per heavy atom. The van der Waals surface area contributed by atoms with Crippen molar-refractivity contribution < 1.29 is 9.59 Å². The van der Waals surface area contributed by atoms with E-state index in [4.69, 9.17) is 0 Å². The number of carbonyl (C=O) groups is 2. The van der Waals surface area contributed by atoms with E-state index in [0.29, 0.717) is 23.8 Å². The van der Waals surface area contributed by atoms with Crippen molar-refractivity contribution in [3.63, 3.8) is 0 Å². The van der Waals surface area contributed by atoms with E-state index in [1.54, 1.807) is 4.90 Å². The third-order valence-electron chi connectivity index (χ3n) is 3.28. The molecule has 0 saturated carbocycles. The number of carbonyl (C=O) groups excluding carboxylic acids is 2. The molecular formula is C13H16BrNO2S. The summed E-state index contributed by atoms with van der Waals surface area (Å²) >= 11 is 4.76. The van der Waals surface area contributed by atoms with Crippen LogP contribution >= 0.6 is 27.3 Å². The smallest absolute Gasteiger partial charge is 0.222 e. The van der Waals surface area contributed by atoms with E-state index in [1.807, 2.05) is 12.1 Å². The summed E-state index contributed by atoms with van der Waals surface area (Å²) in [5.41, 5.74) is 0. The van der Waals surface area contributed by atoms with Gasteiger partial charge in [0.2, 0.25) is 5.91 Å². The summed E-state index contributed by atoms with van der Waals surface area (Å²) < 4.78 is 0.946. The van der Waals surface area contributed by atoms with Crippen LogP contribution in [0.4, 0.5) is 0 Å². The fourth-order valence-electron chi connectivity index (χ4n) is 2.06. The third kappa shape index (κ3) is 3.42. The molecule has 98 valence electrons. The molecule has 1 aromatic heterocycles. The van der Waals surface area contributed by atoms with E-state index in [9.17, 15) is 9.59 Å². The van der Waals surface area contributed by atoms with Gasteiger partial charge in [0.05, 0.1) is 15.2 Å². The van der Waals surface area contributed by atoms with Gasteiger partial charge in [0.25, 0.3) is 0 Å². The first-order chi connectivity index (χ1) is 8.56. The molecule has 2 heterocycles. The molecule has 1 aromatic rings. The Morgan fingerprint density at radius 1 is 1.50 bits per heavy atom. The van der Waals surface area contributed by atoms with Gasteiger partial charge in [-0.25, -0.2) is 0 Å². The molecule has 0 N–H and O–H groups in total. The van der Waals surface area contributed by atoms with Gasteiger partial charge in [-0.05, 0) is 46.8 Å². The third-order valence-corrected chi connectivity index (χ3v) is 4.94. The van der Waals surface area contributed by atoms with Crippen LogP contribution in [0.3, 0.4) is 0 Å². The Morgan fingerprint density at radius 3 is 2.94 bits per heavy atom. The molecular weight excluding hydrogens is 314 g/mol. The first kappa shape index (κ1) is 13.7. The first-order valence-corrected chi connectivity index (χ1v) is 7.73. The van der Waals surface area contributed by atoms with Gasteiger partial charge in [0, 0.05) is 13.0 Å². The van der Waals surface area contributed by atoms with Crippen LogP contribution in [0, 0.1) is 5.92 Å². The lowest BCUT2D eigenvalue weighted by molar-refractivity contribution is -0.130. The summed E-state index contributed by atoms with van der Waals surface area (Å²) in [6, 6.07) is 3.67. The van der Waals surface area contributed by atoms with Gasteiger partial charge in [-0.3, -0.25) is 9.59 Å². The molecule has 1 atom stereocenters. The highest BCUT2D eigenvalue weighted by Gasteiger charge is 2.23. The molecule has 0 spiro atoms. The lowest BCUT2D eigenvalue weighted by atomic mass is 10.0. The van der Waals surface area contributed by atoms with Crippen molar-refractivity contribution in [2.75, 3.05) is 13.1 Å². The predicted molar refractivity (Wildman–Crippen MR) is 75.9 cm³/mol. The summed E-state index contributed by atoms with van der Waals surface area (Å²) in [5.74, 6) is 0.724. The molecule has 1 saturated heterocycles. The highest BCUT2D eigenvalue weighted by Crippen LogP contribution is 2.23. The molecule has 5 heteroatoms. The van der Waals surface area contributed by atoms with Crippen LogP contribution in [0.1, 0.15) is 35.9 Å². The minimum absolute atomic E-state index is 0.0357. The lowest BCUT2D eigenvalue weighted by Gasteiger charge is -2.19.